The zero-order valence-corrected chi connectivity index (χ0v) is 20.4. The molecule has 0 unspecified atom stereocenters. The van der Waals surface area contributed by atoms with Crippen molar-refractivity contribution in [2.75, 3.05) is 6.54 Å². The molecule has 4 rings (SSSR count). The molecule has 1 N–H and O–H groups in total. The number of aromatic nitrogens is 2. The molecule has 1 aromatic heterocycles. The van der Waals surface area contributed by atoms with E-state index in [-0.39, 0.29) is 5.91 Å². The van der Waals surface area contributed by atoms with Crippen LogP contribution in [0.5, 0.6) is 0 Å². The Bertz CT molecular complexity index is 1340. The molecule has 0 saturated carbocycles. The van der Waals surface area contributed by atoms with Crippen molar-refractivity contribution in [1.29, 1.82) is 0 Å². The van der Waals surface area contributed by atoms with Crippen LogP contribution >= 0.6 is 15.9 Å². The minimum Gasteiger partial charge on any atom is -0.352 e. The van der Waals surface area contributed by atoms with Gasteiger partial charge in [0.15, 0.2) is 0 Å². The van der Waals surface area contributed by atoms with Gasteiger partial charge >= 0.3 is 0 Å². The maximum absolute atomic E-state index is 12.9. The molecule has 4 nitrogen and oxygen atoms in total. The highest BCUT2D eigenvalue weighted by atomic mass is 79.9. The van der Waals surface area contributed by atoms with E-state index in [1.807, 2.05) is 72.8 Å². The Kier molecular flexibility index (Phi) is 7.89. The summed E-state index contributed by atoms with van der Waals surface area (Å²) in [4.78, 5) is 17.8. The SMILES string of the molecule is C=C/C=C\C(Br)=C\CCNC(=O)c1ccc2nc(-c3ccccc3)n(Cc3ccccc3)c2c1. The Labute approximate surface area is 208 Å². The number of fused-ring (bicyclic) bond motifs is 1. The van der Waals surface area contributed by atoms with Gasteiger partial charge in [0.25, 0.3) is 5.91 Å². The van der Waals surface area contributed by atoms with Crippen molar-refractivity contribution in [2.24, 2.45) is 0 Å². The van der Waals surface area contributed by atoms with Gasteiger partial charge in [-0.15, -0.1) is 0 Å². The molecule has 34 heavy (non-hydrogen) atoms. The van der Waals surface area contributed by atoms with E-state index in [1.165, 1.54) is 5.56 Å². The van der Waals surface area contributed by atoms with E-state index in [9.17, 15) is 4.79 Å². The molecule has 3 aromatic carbocycles. The van der Waals surface area contributed by atoms with E-state index >= 15 is 0 Å². The Morgan fingerprint density at radius 2 is 1.76 bits per heavy atom. The molecule has 0 radical (unpaired) electrons. The number of amides is 1. The second-order valence-corrected chi connectivity index (χ2v) is 8.72. The summed E-state index contributed by atoms with van der Waals surface area (Å²) in [7, 11) is 0. The second-order valence-electron chi connectivity index (χ2n) is 7.81. The van der Waals surface area contributed by atoms with Crippen molar-refractivity contribution in [2.45, 2.75) is 13.0 Å². The number of hydrogen-bond donors (Lipinski definition) is 1. The van der Waals surface area contributed by atoms with Gasteiger partial charge in [-0.3, -0.25) is 4.79 Å². The van der Waals surface area contributed by atoms with Gasteiger partial charge in [-0.1, -0.05) is 101 Å². The van der Waals surface area contributed by atoms with Crippen LogP contribution in [0.4, 0.5) is 0 Å². The maximum atomic E-state index is 12.9. The van der Waals surface area contributed by atoms with Crippen LogP contribution in [0.2, 0.25) is 0 Å². The molecule has 1 amide bonds. The molecule has 0 bridgehead atoms. The molecule has 0 aliphatic rings. The molecule has 0 saturated heterocycles. The van der Waals surface area contributed by atoms with Gasteiger partial charge < -0.3 is 9.88 Å². The highest BCUT2D eigenvalue weighted by Gasteiger charge is 2.15. The molecule has 1 heterocycles. The Balaban J connectivity index is 1.60. The number of carbonyl (C=O) groups is 1. The van der Waals surface area contributed by atoms with Crippen LogP contribution in [0, 0.1) is 0 Å². The van der Waals surface area contributed by atoms with Gasteiger partial charge in [0, 0.05) is 28.7 Å². The summed E-state index contributed by atoms with van der Waals surface area (Å²) < 4.78 is 3.14. The summed E-state index contributed by atoms with van der Waals surface area (Å²) in [5.74, 6) is 0.793. The average Bonchev–Trinajstić information content (AvgIpc) is 3.24. The number of nitrogens with zero attached hydrogens (tertiary/aromatic N) is 2. The molecule has 0 atom stereocenters. The van der Waals surface area contributed by atoms with Crippen LogP contribution in [0.3, 0.4) is 0 Å². The lowest BCUT2D eigenvalue weighted by Gasteiger charge is -2.10. The lowest BCUT2D eigenvalue weighted by molar-refractivity contribution is 0.0954. The normalized spacial score (nSPS) is 11.7. The van der Waals surface area contributed by atoms with Crippen molar-refractivity contribution in [1.82, 2.24) is 14.9 Å². The molecule has 0 fully saturated rings. The van der Waals surface area contributed by atoms with E-state index in [4.69, 9.17) is 4.98 Å². The van der Waals surface area contributed by atoms with Gasteiger partial charge in [0.2, 0.25) is 0 Å². The quantitative estimate of drug-likeness (QED) is 0.196. The smallest absolute Gasteiger partial charge is 0.251 e. The summed E-state index contributed by atoms with van der Waals surface area (Å²) >= 11 is 3.48. The Morgan fingerprint density at radius 1 is 1.03 bits per heavy atom. The van der Waals surface area contributed by atoms with Crippen LogP contribution in [0.15, 0.2) is 114 Å². The minimum atomic E-state index is -0.0956. The van der Waals surface area contributed by atoms with Crippen molar-refractivity contribution < 1.29 is 4.79 Å². The monoisotopic (exact) mass is 511 g/mol. The first kappa shape index (κ1) is 23.5. The van der Waals surface area contributed by atoms with Crippen LogP contribution in [-0.2, 0) is 6.54 Å². The van der Waals surface area contributed by atoms with E-state index in [0.29, 0.717) is 18.7 Å². The second kappa shape index (κ2) is 11.4. The average molecular weight is 512 g/mol. The maximum Gasteiger partial charge on any atom is 0.251 e. The molecule has 0 aliphatic carbocycles. The lowest BCUT2D eigenvalue weighted by atomic mass is 10.1. The fourth-order valence-corrected chi connectivity index (χ4v) is 4.10. The molecule has 0 spiro atoms. The first-order chi connectivity index (χ1) is 16.7. The summed E-state index contributed by atoms with van der Waals surface area (Å²) in [6, 6.07) is 26.1. The Morgan fingerprint density at radius 3 is 2.50 bits per heavy atom. The number of allylic oxidation sites excluding steroid dienone is 4. The van der Waals surface area contributed by atoms with Crippen molar-refractivity contribution >= 4 is 32.9 Å². The van der Waals surface area contributed by atoms with Crippen LogP contribution < -0.4 is 5.32 Å². The molecule has 170 valence electrons. The number of nitrogens with one attached hydrogen (secondary N) is 1. The number of benzene rings is 3. The van der Waals surface area contributed by atoms with Gasteiger partial charge in [-0.2, -0.15) is 0 Å². The summed E-state index contributed by atoms with van der Waals surface area (Å²) in [6.45, 7) is 4.88. The first-order valence-corrected chi connectivity index (χ1v) is 12.0. The van der Waals surface area contributed by atoms with E-state index in [1.54, 1.807) is 6.08 Å². The van der Waals surface area contributed by atoms with Crippen molar-refractivity contribution in [3.05, 3.63) is 125 Å². The van der Waals surface area contributed by atoms with Gasteiger partial charge in [0.05, 0.1) is 11.0 Å². The lowest BCUT2D eigenvalue weighted by Crippen LogP contribution is -2.24. The van der Waals surface area contributed by atoms with E-state index in [2.05, 4.69) is 56.7 Å². The van der Waals surface area contributed by atoms with Crippen LogP contribution in [0.1, 0.15) is 22.3 Å². The zero-order valence-electron chi connectivity index (χ0n) is 18.8. The van der Waals surface area contributed by atoms with Gasteiger partial charge in [-0.05, 0) is 36.3 Å². The van der Waals surface area contributed by atoms with Crippen LogP contribution in [0.25, 0.3) is 22.4 Å². The molecule has 5 heteroatoms. The van der Waals surface area contributed by atoms with Gasteiger partial charge in [-0.25, -0.2) is 4.98 Å². The zero-order chi connectivity index (χ0) is 23.8. The topological polar surface area (TPSA) is 46.9 Å². The number of rotatable bonds is 9. The largest absolute Gasteiger partial charge is 0.352 e. The van der Waals surface area contributed by atoms with E-state index in [0.717, 1.165) is 33.3 Å². The van der Waals surface area contributed by atoms with Crippen molar-refractivity contribution in [3.8, 4) is 11.4 Å². The predicted octanol–water partition coefficient (Wildman–Crippen LogP) is 6.89. The third kappa shape index (κ3) is 5.80. The van der Waals surface area contributed by atoms with Crippen LogP contribution in [-0.4, -0.2) is 22.0 Å². The van der Waals surface area contributed by atoms with Gasteiger partial charge in [0.1, 0.15) is 5.82 Å². The predicted molar refractivity (Wildman–Crippen MR) is 144 cm³/mol. The molecular weight excluding hydrogens is 486 g/mol. The number of carbonyl (C=O) groups excluding carboxylic acids is 1. The Hall–Kier alpha value is -3.70. The number of hydrogen-bond acceptors (Lipinski definition) is 2. The van der Waals surface area contributed by atoms with Crippen molar-refractivity contribution in [3.63, 3.8) is 0 Å². The molecule has 0 aliphatic heterocycles. The molecular formula is C29H26BrN3O. The third-order valence-electron chi connectivity index (χ3n) is 5.39. The number of imidazole rings is 1. The molecule has 4 aromatic rings. The highest BCUT2D eigenvalue weighted by Crippen LogP contribution is 2.27. The number of halogens is 1. The fourth-order valence-electron chi connectivity index (χ4n) is 3.72. The summed E-state index contributed by atoms with van der Waals surface area (Å²) in [6.07, 6.45) is 8.24. The minimum absolute atomic E-state index is 0.0956. The first-order valence-electron chi connectivity index (χ1n) is 11.2. The fraction of sp³-hybridized carbons (Fsp3) is 0.103. The highest BCUT2D eigenvalue weighted by molar-refractivity contribution is 9.11. The van der Waals surface area contributed by atoms with E-state index < -0.39 is 0 Å². The summed E-state index contributed by atoms with van der Waals surface area (Å²) in [5, 5.41) is 3.00. The third-order valence-corrected chi connectivity index (χ3v) is 5.97. The standard InChI is InChI=1S/C29H26BrN3O/c1-2-3-15-25(30)16-10-19-31-29(34)24-17-18-26-27(20-24)33(21-22-11-6-4-7-12-22)28(32-26)23-13-8-5-9-14-23/h2-9,11-18,20H,1,10,19,21H2,(H,31,34)/b15-3-,25-16-. The summed E-state index contributed by atoms with van der Waals surface area (Å²) in [5.41, 5.74) is 4.65.